The van der Waals surface area contributed by atoms with Crippen molar-refractivity contribution in [2.45, 2.75) is 33.4 Å². The van der Waals surface area contributed by atoms with Crippen molar-refractivity contribution in [2.75, 3.05) is 0 Å². The Hall–Kier alpha value is -2.60. The van der Waals surface area contributed by atoms with Gasteiger partial charge in [-0.05, 0) is 25.5 Å². The Labute approximate surface area is 149 Å². The second-order valence-electron chi connectivity index (χ2n) is 6.15. The molecule has 128 valence electrons. The monoisotopic (exact) mass is 356 g/mol. The summed E-state index contributed by atoms with van der Waals surface area (Å²) in [6.07, 6.45) is 0.750. The maximum atomic E-state index is 12.7. The average molecular weight is 357 g/mol. The van der Waals surface area contributed by atoms with Gasteiger partial charge in [0.15, 0.2) is 5.65 Å². The second-order valence-corrected chi connectivity index (χ2v) is 6.53. The lowest BCUT2D eigenvalue weighted by Gasteiger charge is -2.17. The standard InChI is InChI=1S/C18H17ClN4O2/c1-3-14-16(19)10(2)20-17-12-8-22(9-13(12)21-23(14)17)18(25)11-6-4-5-7-15(11)24/h4-7,24H,3,8-9H2,1-2H3. The third-order valence-corrected chi connectivity index (χ3v) is 5.08. The fourth-order valence-electron chi connectivity index (χ4n) is 3.29. The second kappa shape index (κ2) is 5.74. The van der Waals surface area contributed by atoms with Gasteiger partial charge in [0.1, 0.15) is 5.75 Å². The van der Waals surface area contributed by atoms with Crippen molar-refractivity contribution in [3.05, 3.63) is 57.5 Å². The number of phenols is 1. The summed E-state index contributed by atoms with van der Waals surface area (Å²) in [6, 6.07) is 6.57. The number of hydrogen-bond donors (Lipinski definition) is 1. The fourth-order valence-corrected chi connectivity index (χ4v) is 3.54. The highest BCUT2D eigenvalue weighted by Gasteiger charge is 2.31. The molecule has 4 rings (SSSR count). The van der Waals surface area contributed by atoms with Crippen LogP contribution in [0, 0.1) is 6.92 Å². The van der Waals surface area contributed by atoms with Crippen LogP contribution in [0.2, 0.25) is 5.02 Å². The van der Waals surface area contributed by atoms with Gasteiger partial charge in [-0.1, -0.05) is 30.7 Å². The zero-order valence-electron chi connectivity index (χ0n) is 14.0. The Kier molecular flexibility index (Phi) is 3.65. The molecule has 3 aromatic rings. The first-order valence-electron chi connectivity index (χ1n) is 8.14. The molecule has 0 spiro atoms. The van der Waals surface area contributed by atoms with E-state index in [9.17, 15) is 9.90 Å². The van der Waals surface area contributed by atoms with Crippen LogP contribution in [0.1, 0.15) is 39.9 Å². The molecule has 6 nitrogen and oxygen atoms in total. The molecule has 0 atom stereocenters. The lowest BCUT2D eigenvalue weighted by atomic mass is 10.2. The topological polar surface area (TPSA) is 70.7 Å². The van der Waals surface area contributed by atoms with Gasteiger partial charge in [0, 0.05) is 5.56 Å². The maximum absolute atomic E-state index is 12.7. The molecular weight excluding hydrogens is 340 g/mol. The Morgan fingerprint density at radius 2 is 2.08 bits per heavy atom. The molecule has 0 bridgehead atoms. The summed E-state index contributed by atoms with van der Waals surface area (Å²) < 4.78 is 1.79. The highest BCUT2D eigenvalue weighted by atomic mass is 35.5. The van der Waals surface area contributed by atoms with Crippen LogP contribution in [0.3, 0.4) is 0 Å². The van der Waals surface area contributed by atoms with Crippen LogP contribution in [0.25, 0.3) is 5.65 Å². The highest BCUT2D eigenvalue weighted by Crippen LogP contribution is 2.31. The van der Waals surface area contributed by atoms with E-state index in [-0.39, 0.29) is 11.7 Å². The van der Waals surface area contributed by atoms with Gasteiger partial charge in [0.05, 0.1) is 40.8 Å². The van der Waals surface area contributed by atoms with Crippen molar-refractivity contribution in [1.29, 1.82) is 0 Å². The Morgan fingerprint density at radius 1 is 1.32 bits per heavy atom. The molecule has 0 fully saturated rings. The minimum atomic E-state index is -0.212. The van der Waals surface area contributed by atoms with E-state index in [0.717, 1.165) is 34.7 Å². The van der Waals surface area contributed by atoms with E-state index >= 15 is 0 Å². The van der Waals surface area contributed by atoms with Crippen molar-refractivity contribution in [3.8, 4) is 5.75 Å². The molecule has 1 aliphatic rings. The summed E-state index contributed by atoms with van der Waals surface area (Å²) >= 11 is 6.36. The molecule has 0 saturated heterocycles. The fraction of sp³-hybridized carbons (Fsp3) is 0.278. The largest absolute Gasteiger partial charge is 0.507 e. The Bertz CT molecular complexity index is 1010. The number of benzene rings is 1. The van der Waals surface area contributed by atoms with E-state index in [1.807, 2.05) is 13.8 Å². The number of carbonyl (C=O) groups is 1. The van der Waals surface area contributed by atoms with Gasteiger partial charge in [-0.15, -0.1) is 0 Å². The zero-order valence-corrected chi connectivity index (χ0v) is 14.7. The maximum Gasteiger partial charge on any atom is 0.258 e. The number of carbonyl (C=O) groups excluding carboxylic acids is 1. The van der Waals surface area contributed by atoms with E-state index in [1.165, 1.54) is 6.07 Å². The highest BCUT2D eigenvalue weighted by molar-refractivity contribution is 6.31. The number of amides is 1. The summed E-state index contributed by atoms with van der Waals surface area (Å²) in [6.45, 7) is 4.72. The minimum Gasteiger partial charge on any atom is -0.507 e. The summed E-state index contributed by atoms with van der Waals surface area (Å²) in [4.78, 5) is 19.0. The van der Waals surface area contributed by atoms with Crippen molar-refractivity contribution in [1.82, 2.24) is 19.5 Å². The summed E-state index contributed by atoms with van der Waals surface area (Å²) in [5, 5.41) is 15.2. The van der Waals surface area contributed by atoms with Gasteiger partial charge in [0.25, 0.3) is 5.91 Å². The molecule has 0 aliphatic carbocycles. The number of aromatic hydroxyl groups is 1. The average Bonchev–Trinajstić information content (AvgIpc) is 3.15. The molecule has 7 heteroatoms. The van der Waals surface area contributed by atoms with Crippen molar-refractivity contribution < 1.29 is 9.90 Å². The number of halogens is 1. The molecule has 1 N–H and O–H groups in total. The molecule has 2 aromatic heterocycles. The minimum absolute atomic E-state index is 0.0136. The lowest BCUT2D eigenvalue weighted by Crippen LogP contribution is -2.26. The van der Waals surface area contributed by atoms with Crippen LogP contribution in [0.5, 0.6) is 5.75 Å². The number of para-hydroxylation sites is 1. The third-order valence-electron chi connectivity index (χ3n) is 4.59. The van der Waals surface area contributed by atoms with E-state index in [4.69, 9.17) is 11.6 Å². The first kappa shape index (κ1) is 15.9. The van der Waals surface area contributed by atoms with Gasteiger partial charge < -0.3 is 10.0 Å². The van der Waals surface area contributed by atoms with E-state index in [1.54, 1.807) is 27.6 Å². The van der Waals surface area contributed by atoms with Gasteiger partial charge in [-0.3, -0.25) is 4.79 Å². The zero-order chi connectivity index (χ0) is 17.7. The lowest BCUT2D eigenvalue weighted by molar-refractivity contribution is 0.0746. The van der Waals surface area contributed by atoms with Gasteiger partial charge >= 0.3 is 0 Å². The van der Waals surface area contributed by atoms with Crippen LogP contribution in [-0.4, -0.2) is 30.5 Å². The molecule has 0 radical (unpaired) electrons. The summed E-state index contributed by atoms with van der Waals surface area (Å²) in [5.41, 5.74) is 4.51. The number of fused-ring (bicyclic) bond motifs is 3. The summed E-state index contributed by atoms with van der Waals surface area (Å²) in [7, 11) is 0. The number of rotatable bonds is 2. The number of aromatic nitrogens is 3. The predicted molar refractivity (Wildman–Crippen MR) is 93.8 cm³/mol. The van der Waals surface area contributed by atoms with E-state index in [2.05, 4.69) is 10.1 Å². The molecule has 25 heavy (non-hydrogen) atoms. The molecule has 1 aromatic carbocycles. The van der Waals surface area contributed by atoms with Gasteiger partial charge in [-0.2, -0.15) is 5.10 Å². The van der Waals surface area contributed by atoms with Crippen LogP contribution in [0.4, 0.5) is 0 Å². The Morgan fingerprint density at radius 3 is 2.80 bits per heavy atom. The predicted octanol–water partition coefficient (Wildman–Crippen LogP) is 3.12. The SMILES string of the molecule is CCc1c(Cl)c(C)nc2c3c(nn12)CN(C(=O)c1ccccc1O)C3. The van der Waals surface area contributed by atoms with E-state index < -0.39 is 0 Å². The number of aryl methyl sites for hydroxylation is 2. The van der Waals surface area contributed by atoms with E-state index in [0.29, 0.717) is 23.7 Å². The molecule has 0 unspecified atom stereocenters. The molecule has 1 amide bonds. The quantitative estimate of drug-likeness (QED) is 0.765. The van der Waals surface area contributed by atoms with Crippen LogP contribution in [-0.2, 0) is 19.5 Å². The van der Waals surface area contributed by atoms with Crippen LogP contribution < -0.4 is 0 Å². The van der Waals surface area contributed by atoms with Crippen molar-refractivity contribution in [2.24, 2.45) is 0 Å². The van der Waals surface area contributed by atoms with Gasteiger partial charge in [-0.25, -0.2) is 9.50 Å². The molecule has 0 saturated carbocycles. The van der Waals surface area contributed by atoms with Crippen molar-refractivity contribution in [3.63, 3.8) is 0 Å². The summed E-state index contributed by atoms with van der Waals surface area (Å²) in [5.74, 6) is -0.226. The van der Waals surface area contributed by atoms with Crippen LogP contribution >= 0.6 is 11.6 Å². The molecular formula is C18H17ClN4O2. The number of nitrogens with zero attached hydrogens (tertiary/aromatic N) is 4. The number of phenolic OH excluding ortho intramolecular Hbond substituents is 1. The molecule has 1 aliphatic heterocycles. The smallest absolute Gasteiger partial charge is 0.258 e. The Balaban J connectivity index is 1.73. The van der Waals surface area contributed by atoms with Crippen molar-refractivity contribution >= 4 is 23.2 Å². The van der Waals surface area contributed by atoms with Gasteiger partial charge in [0.2, 0.25) is 0 Å². The normalized spacial score (nSPS) is 13.5. The molecule has 3 heterocycles. The first-order chi connectivity index (χ1) is 12.0. The number of hydrogen-bond acceptors (Lipinski definition) is 4. The third kappa shape index (κ3) is 2.36. The van der Waals surface area contributed by atoms with Crippen LogP contribution in [0.15, 0.2) is 24.3 Å². The first-order valence-corrected chi connectivity index (χ1v) is 8.51.